The summed E-state index contributed by atoms with van der Waals surface area (Å²) in [6.45, 7) is 1.24. The predicted molar refractivity (Wildman–Crippen MR) is 84.4 cm³/mol. The van der Waals surface area contributed by atoms with Gasteiger partial charge in [0.25, 0.3) is 5.91 Å². The van der Waals surface area contributed by atoms with Gasteiger partial charge in [0.2, 0.25) is 0 Å². The maximum Gasteiger partial charge on any atom is 0.316 e. The summed E-state index contributed by atoms with van der Waals surface area (Å²) < 4.78 is 7.68. The van der Waals surface area contributed by atoms with E-state index in [1.807, 2.05) is 46.0 Å². The lowest BCUT2D eigenvalue weighted by Gasteiger charge is -2.15. The molecule has 0 aromatic carbocycles. The van der Waals surface area contributed by atoms with Crippen LogP contribution >= 0.6 is 0 Å². The number of carbonyl (C=O) groups is 1. The third-order valence-electron chi connectivity index (χ3n) is 4.00. The molecule has 0 bridgehead atoms. The first kappa shape index (κ1) is 13.8. The molecular formula is C17H16N4O2. The van der Waals surface area contributed by atoms with E-state index in [2.05, 4.69) is 9.97 Å². The minimum Gasteiger partial charge on any atom is -0.458 e. The Kier molecular flexibility index (Phi) is 3.42. The average molecular weight is 308 g/mol. The Morgan fingerprint density at radius 2 is 2.09 bits per heavy atom. The number of carbonyl (C=O) groups excluding carboxylic acids is 1. The Balaban J connectivity index is 1.45. The van der Waals surface area contributed by atoms with Crippen LogP contribution in [0.2, 0.25) is 0 Å². The second-order valence-electron chi connectivity index (χ2n) is 5.57. The normalized spacial score (nSPS) is 17.6. The van der Waals surface area contributed by atoms with Crippen LogP contribution in [0.25, 0.3) is 5.52 Å². The van der Waals surface area contributed by atoms with Gasteiger partial charge in [0.05, 0.1) is 12.1 Å². The van der Waals surface area contributed by atoms with Crippen molar-refractivity contribution in [1.29, 1.82) is 0 Å². The number of aromatic nitrogens is 3. The number of fused-ring (bicyclic) bond motifs is 1. The zero-order valence-electron chi connectivity index (χ0n) is 12.5. The van der Waals surface area contributed by atoms with Gasteiger partial charge in [-0.25, -0.2) is 9.97 Å². The van der Waals surface area contributed by atoms with Crippen molar-refractivity contribution in [2.24, 2.45) is 0 Å². The van der Waals surface area contributed by atoms with Crippen molar-refractivity contribution in [1.82, 2.24) is 19.3 Å². The fourth-order valence-electron chi connectivity index (χ4n) is 2.86. The summed E-state index contributed by atoms with van der Waals surface area (Å²) in [6, 6.07) is 9.91. The maximum atomic E-state index is 12.6. The van der Waals surface area contributed by atoms with Crippen molar-refractivity contribution in [2.45, 2.75) is 12.5 Å². The van der Waals surface area contributed by atoms with Crippen molar-refractivity contribution in [3.8, 4) is 6.01 Å². The molecule has 4 rings (SSSR count). The zero-order valence-corrected chi connectivity index (χ0v) is 12.5. The van der Waals surface area contributed by atoms with E-state index in [1.165, 1.54) is 0 Å². The van der Waals surface area contributed by atoms with E-state index in [0.717, 1.165) is 11.9 Å². The molecule has 0 spiro atoms. The highest BCUT2D eigenvalue weighted by Gasteiger charge is 2.29. The second-order valence-corrected chi connectivity index (χ2v) is 5.57. The minimum atomic E-state index is -0.0571. The molecule has 1 amide bonds. The molecule has 3 aromatic rings. The summed E-state index contributed by atoms with van der Waals surface area (Å²) in [7, 11) is 0. The van der Waals surface area contributed by atoms with Gasteiger partial charge in [-0.2, -0.15) is 0 Å². The molecule has 1 saturated heterocycles. The number of pyridine rings is 1. The van der Waals surface area contributed by atoms with Gasteiger partial charge in [0.15, 0.2) is 0 Å². The molecule has 1 aliphatic heterocycles. The first-order valence-electron chi connectivity index (χ1n) is 7.59. The molecule has 4 heterocycles. The lowest BCUT2D eigenvalue weighted by Crippen LogP contribution is -2.30. The third kappa shape index (κ3) is 2.75. The van der Waals surface area contributed by atoms with Crippen molar-refractivity contribution >= 4 is 11.4 Å². The average Bonchev–Trinajstić information content (AvgIpc) is 3.21. The van der Waals surface area contributed by atoms with Crippen LogP contribution in [0.1, 0.15) is 16.8 Å². The first-order chi connectivity index (χ1) is 11.3. The fraction of sp³-hybridized carbons (Fsp3) is 0.235. The van der Waals surface area contributed by atoms with E-state index in [9.17, 15) is 4.79 Å². The highest BCUT2D eigenvalue weighted by Crippen LogP contribution is 2.19. The number of nitrogens with zero attached hydrogens (tertiary/aromatic N) is 4. The number of amides is 1. The monoisotopic (exact) mass is 308 g/mol. The standard InChI is InChI=1S/C17H16N4O2/c22-16(13-10-14-4-1-2-8-20(14)11-13)21-9-5-15(12-21)23-17-18-6-3-7-19-17/h1-4,6-8,10-11,15H,5,9,12H2. The van der Waals surface area contributed by atoms with E-state index < -0.39 is 0 Å². The molecule has 1 fully saturated rings. The van der Waals surface area contributed by atoms with Gasteiger partial charge in [-0.05, 0) is 24.3 Å². The summed E-state index contributed by atoms with van der Waals surface area (Å²) in [5.74, 6) is 0.0359. The van der Waals surface area contributed by atoms with Crippen molar-refractivity contribution in [3.05, 3.63) is 60.7 Å². The lowest BCUT2D eigenvalue weighted by atomic mass is 10.3. The van der Waals surface area contributed by atoms with Crippen LogP contribution in [-0.4, -0.2) is 44.4 Å². The SMILES string of the molecule is O=C(c1cc2ccccn2c1)N1CCC(Oc2ncccn2)C1. The number of likely N-dealkylation sites (tertiary alicyclic amines) is 1. The summed E-state index contributed by atoms with van der Waals surface area (Å²) in [5.41, 5.74) is 1.72. The van der Waals surface area contributed by atoms with E-state index in [-0.39, 0.29) is 12.0 Å². The number of hydrogen-bond acceptors (Lipinski definition) is 4. The highest BCUT2D eigenvalue weighted by molar-refractivity contribution is 5.95. The Labute approximate surface area is 133 Å². The Morgan fingerprint density at radius 3 is 2.91 bits per heavy atom. The zero-order chi connectivity index (χ0) is 15.6. The molecule has 116 valence electrons. The van der Waals surface area contributed by atoms with E-state index in [1.54, 1.807) is 18.5 Å². The smallest absolute Gasteiger partial charge is 0.316 e. The van der Waals surface area contributed by atoms with Crippen LogP contribution in [0, 0.1) is 0 Å². The van der Waals surface area contributed by atoms with Gasteiger partial charge in [-0.1, -0.05) is 6.07 Å². The van der Waals surface area contributed by atoms with Crippen LogP contribution in [0.3, 0.4) is 0 Å². The summed E-state index contributed by atoms with van der Waals surface area (Å²) >= 11 is 0. The molecule has 0 radical (unpaired) electrons. The van der Waals surface area contributed by atoms with Crippen LogP contribution < -0.4 is 4.74 Å². The number of ether oxygens (including phenoxy) is 1. The summed E-state index contributed by atoms with van der Waals surface area (Å²) in [4.78, 5) is 22.6. The molecule has 1 aliphatic rings. The third-order valence-corrected chi connectivity index (χ3v) is 4.00. The molecule has 6 heteroatoms. The molecule has 1 atom stereocenters. The highest BCUT2D eigenvalue weighted by atomic mass is 16.5. The van der Waals surface area contributed by atoms with Crippen LogP contribution in [0.15, 0.2) is 55.1 Å². The van der Waals surface area contributed by atoms with Crippen LogP contribution in [-0.2, 0) is 0 Å². The quantitative estimate of drug-likeness (QED) is 0.743. The molecule has 0 saturated carbocycles. The van der Waals surface area contributed by atoms with Gasteiger partial charge >= 0.3 is 6.01 Å². The van der Waals surface area contributed by atoms with Crippen LogP contribution in [0.4, 0.5) is 0 Å². The largest absolute Gasteiger partial charge is 0.458 e. The number of rotatable bonds is 3. The molecule has 0 aliphatic carbocycles. The minimum absolute atomic E-state index is 0.0359. The predicted octanol–water partition coefficient (Wildman–Crippen LogP) is 2.02. The molecule has 23 heavy (non-hydrogen) atoms. The summed E-state index contributed by atoms with van der Waals surface area (Å²) in [6.07, 6.45) is 7.83. The van der Waals surface area contributed by atoms with Gasteiger partial charge in [0, 0.05) is 43.3 Å². The van der Waals surface area contributed by atoms with E-state index in [0.29, 0.717) is 24.7 Å². The Morgan fingerprint density at radius 1 is 1.22 bits per heavy atom. The molecule has 6 nitrogen and oxygen atoms in total. The summed E-state index contributed by atoms with van der Waals surface area (Å²) in [5, 5.41) is 0. The fourth-order valence-corrected chi connectivity index (χ4v) is 2.86. The molecule has 1 unspecified atom stereocenters. The molecule has 3 aromatic heterocycles. The van der Waals surface area contributed by atoms with E-state index in [4.69, 9.17) is 4.74 Å². The maximum absolute atomic E-state index is 12.6. The number of hydrogen-bond donors (Lipinski definition) is 0. The Hall–Kier alpha value is -2.89. The van der Waals surface area contributed by atoms with Gasteiger partial charge in [-0.15, -0.1) is 0 Å². The van der Waals surface area contributed by atoms with Crippen molar-refractivity contribution in [2.75, 3.05) is 13.1 Å². The van der Waals surface area contributed by atoms with Crippen molar-refractivity contribution in [3.63, 3.8) is 0 Å². The topological polar surface area (TPSA) is 59.7 Å². The second kappa shape index (κ2) is 5.72. The van der Waals surface area contributed by atoms with Crippen LogP contribution in [0.5, 0.6) is 6.01 Å². The molecular weight excluding hydrogens is 292 g/mol. The van der Waals surface area contributed by atoms with Gasteiger partial charge in [-0.3, -0.25) is 4.79 Å². The first-order valence-corrected chi connectivity index (χ1v) is 7.59. The van der Waals surface area contributed by atoms with E-state index >= 15 is 0 Å². The van der Waals surface area contributed by atoms with Gasteiger partial charge in [0.1, 0.15) is 6.10 Å². The Bertz CT molecular complexity index is 798. The van der Waals surface area contributed by atoms with Gasteiger partial charge < -0.3 is 14.0 Å². The lowest BCUT2D eigenvalue weighted by molar-refractivity contribution is 0.0770. The molecule has 0 N–H and O–H groups in total. The van der Waals surface area contributed by atoms with Crippen molar-refractivity contribution < 1.29 is 9.53 Å².